The maximum atomic E-state index is 11.8. The highest BCUT2D eigenvalue weighted by Crippen LogP contribution is 2.42. The zero-order valence-electron chi connectivity index (χ0n) is 15.3. The number of aryl methyl sites for hydroxylation is 2. The van der Waals surface area contributed by atoms with E-state index < -0.39 is 0 Å². The van der Waals surface area contributed by atoms with Crippen molar-refractivity contribution in [2.75, 3.05) is 7.11 Å². The number of hydrogen-bond acceptors (Lipinski definition) is 3. The normalized spacial score (nSPS) is 13.6. The van der Waals surface area contributed by atoms with Crippen molar-refractivity contribution in [2.45, 2.75) is 52.1 Å². The Morgan fingerprint density at radius 3 is 2.64 bits per heavy atom. The maximum absolute atomic E-state index is 11.8. The zero-order chi connectivity index (χ0) is 17.8. The molecule has 0 N–H and O–H groups in total. The molecule has 0 heterocycles. The van der Waals surface area contributed by atoms with Crippen LogP contribution in [0, 0.1) is 6.92 Å². The molecule has 3 heteroatoms. The molecule has 2 aromatic rings. The molecule has 0 bridgehead atoms. The molecule has 1 aliphatic carbocycles. The van der Waals surface area contributed by atoms with Crippen molar-refractivity contribution in [1.82, 2.24) is 0 Å². The van der Waals surface area contributed by atoms with E-state index in [-0.39, 0.29) is 5.97 Å². The number of ether oxygens (including phenoxy) is 2. The van der Waals surface area contributed by atoms with Gasteiger partial charge in [0.25, 0.3) is 0 Å². The molecule has 3 rings (SSSR count). The van der Waals surface area contributed by atoms with Gasteiger partial charge in [0.15, 0.2) is 0 Å². The number of hydrogen-bond donors (Lipinski definition) is 0. The molecule has 2 aromatic carbocycles. The largest absolute Gasteiger partial charge is 0.489 e. The highest BCUT2D eigenvalue weighted by atomic mass is 16.5. The Balaban J connectivity index is 1.84. The molecule has 0 radical (unpaired) electrons. The second-order valence-electron chi connectivity index (χ2n) is 6.75. The third kappa shape index (κ3) is 4.22. The summed E-state index contributed by atoms with van der Waals surface area (Å²) >= 11 is 0. The van der Waals surface area contributed by atoms with Crippen molar-refractivity contribution in [1.29, 1.82) is 0 Å². The summed E-state index contributed by atoms with van der Waals surface area (Å²) in [5.74, 6) is 1.31. The Labute approximate surface area is 150 Å². The summed E-state index contributed by atoms with van der Waals surface area (Å²) < 4.78 is 11.0. The lowest BCUT2D eigenvalue weighted by Gasteiger charge is -2.16. The molecule has 1 fully saturated rings. The van der Waals surface area contributed by atoms with E-state index in [1.165, 1.54) is 31.1 Å². The predicted molar refractivity (Wildman–Crippen MR) is 99.0 cm³/mol. The van der Waals surface area contributed by atoms with E-state index in [1.807, 2.05) is 18.2 Å². The average molecular weight is 338 g/mol. The molecule has 0 amide bonds. The molecule has 0 saturated heterocycles. The zero-order valence-corrected chi connectivity index (χ0v) is 15.3. The Morgan fingerprint density at radius 2 is 2.00 bits per heavy atom. The summed E-state index contributed by atoms with van der Waals surface area (Å²) in [6.07, 6.45) is 3.76. The van der Waals surface area contributed by atoms with E-state index in [1.54, 1.807) is 0 Å². The van der Waals surface area contributed by atoms with E-state index >= 15 is 0 Å². The monoisotopic (exact) mass is 338 g/mol. The molecule has 25 heavy (non-hydrogen) atoms. The minimum absolute atomic E-state index is 0.210. The maximum Gasteiger partial charge on any atom is 0.309 e. The van der Waals surface area contributed by atoms with Crippen molar-refractivity contribution < 1.29 is 14.3 Å². The van der Waals surface area contributed by atoms with Gasteiger partial charge in [-0.3, -0.25) is 4.79 Å². The van der Waals surface area contributed by atoms with Crippen molar-refractivity contribution >= 4 is 5.97 Å². The smallest absolute Gasteiger partial charge is 0.309 e. The van der Waals surface area contributed by atoms with E-state index in [0.717, 1.165) is 28.9 Å². The van der Waals surface area contributed by atoms with Crippen LogP contribution in [-0.4, -0.2) is 13.1 Å². The number of esters is 1. The van der Waals surface area contributed by atoms with Crippen LogP contribution in [0.15, 0.2) is 36.4 Å². The summed E-state index contributed by atoms with van der Waals surface area (Å²) in [5, 5.41) is 0. The Bertz CT molecular complexity index is 760. The van der Waals surface area contributed by atoms with Gasteiger partial charge < -0.3 is 9.47 Å². The van der Waals surface area contributed by atoms with Crippen LogP contribution in [0.5, 0.6) is 5.75 Å². The fourth-order valence-corrected chi connectivity index (χ4v) is 3.24. The van der Waals surface area contributed by atoms with E-state index in [9.17, 15) is 4.79 Å². The van der Waals surface area contributed by atoms with Gasteiger partial charge in [-0.05, 0) is 66.0 Å². The minimum atomic E-state index is -0.210. The fourth-order valence-electron chi connectivity index (χ4n) is 3.24. The first-order valence-electron chi connectivity index (χ1n) is 9.02. The minimum Gasteiger partial charge on any atom is -0.489 e. The first-order valence-corrected chi connectivity index (χ1v) is 9.02. The van der Waals surface area contributed by atoms with Gasteiger partial charge in [0.2, 0.25) is 0 Å². The number of carbonyl (C=O) groups is 1. The summed E-state index contributed by atoms with van der Waals surface area (Å²) in [4.78, 5) is 11.8. The molecular weight excluding hydrogens is 312 g/mol. The number of rotatable bonds is 7. The molecular formula is C22H26O3. The molecule has 0 atom stereocenters. The van der Waals surface area contributed by atoms with Gasteiger partial charge >= 0.3 is 5.97 Å². The Kier molecular flexibility index (Phi) is 5.42. The number of benzene rings is 2. The van der Waals surface area contributed by atoms with Crippen molar-refractivity contribution in [3.63, 3.8) is 0 Å². The quantitative estimate of drug-likeness (QED) is 0.685. The van der Waals surface area contributed by atoms with E-state index in [2.05, 4.69) is 32.0 Å². The van der Waals surface area contributed by atoms with Crippen LogP contribution in [0.2, 0.25) is 0 Å². The van der Waals surface area contributed by atoms with Crippen LogP contribution >= 0.6 is 0 Å². The summed E-state index contributed by atoms with van der Waals surface area (Å²) in [7, 11) is 1.43. The topological polar surface area (TPSA) is 35.5 Å². The third-order valence-corrected chi connectivity index (χ3v) is 4.91. The first kappa shape index (κ1) is 17.5. The van der Waals surface area contributed by atoms with Gasteiger partial charge in [0.05, 0.1) is 13.5 Å². The van der Waals surface area contributed by atoms with Crippen LogP contribution in [0.1, 0.15) is 53.5 Å². The molecule has 0 unspecified atom stereocenters. The SMILES string of the molecule is CCc1ccc(OCc2c(CC(=O)OC)cccc2C2CC2)c(C)c1. The summed E-state index contributed by atoms with van der Waals surface area (Å²) in [6.45, 7) is 4.72. The number of carbonyl (C=O) groups excluding carboxylic acids is 1. The van der Waals surface area contributed by atoms with Crippen LogP contribution in [0.4, 0.5) is 0 Å². The highest BCUT2D eigenvalue weighted by Gasteiger charge is 2.27. The molecule has 3 nitrogen and oxygen atoms in total. The molecule has 132 valence electrons. The summed E-state index contributed by atoms with van der Waals surface area (Å²) in [5.41, 5.74) is 5.95. The van der Waals surface area contributed by atoms with Gasteiger partial charge in [-0.1, -0.05) is 37.3 Å². The van der Waals surface area contributed by atoms with Crippen molar-refractivity contribution in [2.24, 2.45) is 0 Å². The lowest BCUT2D eigenvalue weighted by atomic mass is 9.96. The standard InChI is InChI=1S/C22H26O3/c1-4-16-8-11-21(15(2)12-16)25-14-20-18(13-22(23)24-3)6-5-7-19(20)17-9-10-17/h5-8,11-12,17H,4,9-10,13-14H2,1-3H3. The number of methoxy groups -OCH3 is 1. The van der Waals surface area contributed by atoms with E-state index in [0.29, 0.717) is 18.9 Å². The Morgan fingerprint density at radius 1 is 1.20 bits per heavy atom. The van der Waals surface area contributed by atoms with Gasteiger partial charge in [0, 0.05) is 0 Å². The average Bonchev–Trinajstić information content (AvgIpc) is 3.46. The molecule has 1 aliphatic rings. The third-order valence-electron chi connectivity index (χ3n) is 4.91. The summed E-state index contributed by atoms with van der Waals surface area (Å²) in [6, 6.07) is 12.6. The van der Waals surface area contributed by atoms with Crippen LogP contribution < -0.4 is 4.74 Å². The van der Waals surface area contributed by atoms with Crippen LogP contribution in [-0.2, 0) is 29.0 Å². The van der Waals surface area contributed by atoms with Gasteiger partial charge in [-0.15, -0.1) is 0 Å². The van der Waals surface area contributed by atoms with E-state index in [4.69, 9.17) is 9.47 Å². The molecule has 0 spiro atoms. The Hall–Kier alpha value is -2.29. The molecule has 1 saturated carbocycles. The van der Waals surface area contributed by atoms with Gasteiger partial charge in [-0.25, -0.2) is 0 Å². The highest BCUT2D eigenvalue weighted by molar-refractivity contribution is 5.73. The van der Waals surface area contributed by atoms with Crippen molar-refractivity contribution in [3.05, 3.63) is 64.2 Å². The molecule has 0 aromatic heterocycles. The second-order valence-corrected chi connectivity index (χ2v) is 6.75. The van der Waals surface area contributed by atoms with Crippen LogP contribution in [0.25, 0.3) is 0 Å². The van der Waals surface area contributed by atoms with Crippen molar-refractivity contribution in [3.8, 4) is 5.75 Å². The van der Waals surface area contributed by atoms with Gasteiger partial charge in [0.1, 0.15) is 12.4 Å². The molecule has 0 aliphatic heterocycles. The lowest BCUT2D eigenvalue weighted by molar-refractivity contribution is -0.139. The first-order chi connectivity index (χ1) is 12.1. The van der Waals surface area contributed by atoms with Crippen LogP contribution in [0.3, 0.4) is 0 Å². The second kappa shape index (κ2) is 7.73. The predicted octanol–water partition coefficient (Wildman–Crippen LogP) is 4.73. The fraction of sp³-hybridized carbons (Fsp3) is 0.409. The van der Waals surface area contributed by atoms with Gasteiger partial charge in [-0.2, -0.15) is 0 Å². The lowest BCUT2D eigenvalue weighted by Crippen LogP contribution is -2.10.